The van der Waals surface area contributed by atoms with Gasteiger partial charge in [0.05, 0.1) is 18.6 Å². The molecule has 0 bridgehead atoms. The molecule has 0 unspecified atom stereocenters. The highest BCUT2D eigenvalue weighted by Crippen LogP contribution is 2.12. The predicted molar refractivity (Wildman–Crippen MR) is 67.0 cm³/mol. The van der Waals surface area contributed by atoms with Crippen LogP contribution in [-0.4, -0.2) is 11.5 Å². The maximum Gasteiger partial charge on any atom is 0.238 e. The fourth-order valence-electron chi connectivity index (χ4n) is 1.29. The van der Waals surface area contributed by atoms with Gasteiger partial charge in [-0.15, -0.1) is 0 Å². The standard InChI is InChI=1S/C13H20N2O2/c1-13(2,3)17-9-11-6-4-10(5-7-11)8-12(16)15-14/h4-7H,8-9,14H2,1-3H3,(H,15,16). The number of benzene rings is 1. The van der Waals surface area contributed by atoms with Crippen molar-refractivity contribution in [3.63, 3.8) is 0 Å². The number of hydrogen-bond donors (Lipinski definition) is 2. The zero-order valence-electron chi connectivity index (χ0n) is 10.6. The Bertz CT molecular complexity index is 366. The molecule has 1 amide bonds. The molecule has 17 heavy (non-hydrogen) atoms. The zero-order chi connectivity index (χ0) is 12.9. The summed E-state index contributed by atoms with van der Waals surface area (Å²) in [4.78, 5) is 11.1. The van der Waals surface area contributed by atoms with E-state index in [0.29, 0.717) is 13.0 Å². The van der Waals surface area contributed by atoms with Crippen LogP contribution < -0.4 is 11.3 Å². The Hall–Kier alpha value is -1.39. The van der Waals surface area contributed by atoms with E-state index in [1.807, 2.05) is 45.0 Å². The SMILES string of the molecule is CC(C)(C)OCc1ccc(CC(=O)NN)cc1. The van der Waals surface area contributed by atoms with Crippen LogP contribution in [0.25, 0.3) is 0 Å². The first kappa shape index (κ1) is 13.7. The molecule has 0 atom stereocenters. The number of hydrogen-bond acceptors (Lipinski definition) is 3. The summed E-state index contributed by atoms with van der Waals surface area (Å²) in [6, 6.07) is 7.75. The number of hydrazine groups is 1. The van der Waals surface area contributed by atoms with Crippen LogP contribution in [0.2, 0.25) is 0 Å². The van der Waals surface area contributed by atoms with E-state index in [0.717, 1.165) is 11.1 Å². The van der Waals surface area contributed by atoms with Gasteiger partial charge in [0, 0.05) is 0 Å². The van der Waals surface area contributed by atoms with Gasteiger partial charge in [-0.3, -0.25) is 10.2 Å². The summed E-state index contributed by atoms with van der Waals surface area (Å²) in [6.45, 7) is 6.64. The molecule has 1 aromatic carbocycles. The third kappa shape index (κ3) is 5.47. The maximum absolute atomic E-state index is 11.1. The van der Waals surface area contributed by atoms with Gasteiger partial charge in [0.1, 0.15) is 0 Å². The number of carbonyl (C=O) groups excluding carboxylic acids is 1. The van der Waals surface area contributed by atoms with Crippen molar-refractivity contribution in [3.05, 3.63) is 35.4 Å². The molecule has 1 rings (SSSR count). The van der Waals surface area contributed by atoms with Gasteiger partial charge < -0.3 is 4.74 Å². The normalized spacial score (nSPS) is 11.3. The van der Waals surface area contributed by atoms with Crippen LogP contribution in [0, 0.1) is 0 Å². The van der Waals surface area contributed by atoms with Crippen LogP contribution in [0.1, 0.15) is 31.9 Å². The van der Waals surface area contributed by atoms with Crippen LogP contribution in [0.15, 0.2) is 24.3 Å². The summed E-state index contributed by atoms with van der Waals surface area (Å²) in [5.74, 6) is 4.83. The van der Waals surface area contributed by atoms with Gasteiger partial charge in [0.2, 0.25) is 5.91 Å². The number of nitrogens with two attached hydrogens (primary N) is 1. The van der Waals surface area contributed by atoms with Crippen molar-refractivity contribution >= 4 is 5.91 Å². The summed E-state index contributed by atoms with van der Waals surface area (Å²) < 4.78 is 5.66. The third-order valence-corrected chi connectivity index (χ3v) is 2.22. The molecule has 0 aliphatic heterocycles. The molecule has 0 saturated carbocycles. The Labute approximate surface area is 102 Å². The van der Waals surface area contributed by atoms with Crippen molar-refractivity contribution in [2.75, 3.05) is 0 Å². The number of carbonyl (C=O) groups is 1. The molecule has 0 saturated heterocycles. The van der Waals surface area contributed by atoms with Crippen molar-refractivity contribution in [1.29, 1.82) is 0 Å². The van der Waals surface area contributed by atoms with Crippen LogP contribution in [0.4, 0.5) is 0 Å². The van der Waals surface area contributed by atoms with E-state index in [9.17, 15) is 4.79 Å². The molecule has 1 aromatic rings. The van der Waals surface area contributed by atoms with Gasteiger partial charge in [-0.2, -0.15) is 0 Å². The smallest absolute Gasteiger partial charge is 0.238 e. The van der Waals surface area contributed by atoms with E-state index >= 15 is 0 Å². The van der Waals surface area contributed by atoms with Crippen molar-refractivity contribution in [2.24, 2.45) is 5.84 Å². The first-order chi connectivity index (χ1) is 7.90. The Kier molecular flexibility index (Phi) is 4.66. The molecule has 4 nitrogen and oxygen atoms in total. The molecule has 0 radical (unpaired) electrons. The largest absolute Gasteiger partial charge is 0.371 e. The molecule has 0 aromatic heterocycles. The van der Waals surface area contributed by atoms with Gasteiger partial charge in [-0.25, -0.2) is 5.84 Å². The van der Waals surface area contributed by atoms with Crippen LogP contribution in [-0.2, 0) is 22.6 Å². The summed E-state index contributed by atoms with van der Waals surface area (Å²) in [7, 11) is 0. The first-order valence-corrected chi connectivity index (χ1v) is 5.62. The van der Waals surface area contributed by atoms with Gasteiger partial charge in [-0.05, 0) is 31.9 Å². The highest BCUT2D eigenvalue weighted by atomic mass is 16.5. The fourth-order valence-corrected chi connectivity index (χ4v) is 1.29. The van der Waals surface area contributed by atoms with Crippen molar-refractivity contribution in [3.8, 4) is 0 Å². The maximum atomic E-state index is 11.1. The molecule has 0 aliphatic carbocycles. The molecular weight excluding hydrogens is 216 g/mol. The lowest BCUT2D eigenvalue weighted by atomic mass is 10.1. The van der Waals surface area contributed by atoms with Crippen molar-refractivity contribution in [1.82, 2.24) is 5.43 Å². The van der Waals surface area contributed by atoms with E-state index in [2.05, 4.69) is 5.43 Å². The van der Waals surface area contributed by atoms with Gasteiger partial charge in [-0.1, -0.05) is 24.3 Å². The van der Waals surface area contributed by atoms with E-state index in [1.165, 1.54) is 0 Å². The monoisotopic (exact) mass is 236 g/mol. The fraction of sp³-hybridized carbons (Fsp3) is 0.462. The molecule has 94 valence electrons. The molecular formula is C13H20N2O2. The van der Waals surface area contributed by atoms with Crippen LogP contribution in [0.5, 0.6) is 0 Å². The lowest BCUT2D eigenvalue weighted by molar-refractivity contribution is -0.120. The lowest BCUT2D eigenvalue weighted by Gasteiger charge is -2.19. The molecule has 4 heteroatoms. The predicted octanol–water partition coefficient (Wildman–Crippen LogP) is 1.53. The minimum absolute atomic E-state index is 0.141. The number of rotatable bonds is 4. The van der Waals surface area contributed by atoms with Crippen LogP contribution >= 0.6 is 0 Å². The van der Waals surface area contributed by atoms with E-state index < -0.39 is 0 Å². The first-order valence-electron chi connectivity index (χ1n) is 5.62. The molecule has 0 heterocycles. The Morgan fingerprint density at radius 1 is 1.24 bits per heavy atom. The van der Waals surface area contributed by atoms with Gasteiger partial charge >= 0.3 is 0 Å². The minimum atomic E-state index is -0.191. The van der Waals surface area contributed by atoms with E-state index in [4.69, 9.17) is 10.6 Å². The van der Waals surface area contributed by atoms with Crippen LogP contribution in [0.3, 0.4) is 0 Å². The Morgan fingerprint density at radius 3 is 2.24 bits per heavy atom. The zero-order valence-corrected chi connectivity index (χ0v) is 10.6. The minimum Gasteiger partial charge on any atom is -0.371 e. The molecule has 0 spiro atoms. The van der Waals surface area contributed by atoms with Crippen molar-refractivity contribution in [2.45, 2.75) is 39.4 Å². The average molecular weight is 236 g/mol. The van der Waals surface area contributed by atoms with Gasteiger partial charge in [0.25, 0.3) is 0 Å². The number of ether oxygens (including phenoxy) is 1. The molecule has 0 aliphatic rings. The summed E-state index contributed by atoms with van der Waals surface area (Å²) in [5.41, 5.74) is 4.00. The lowest BCUT2D eigenvalue weighted by Crippen LogP contribution is -2.31. The average Bonchev–Trinajstić information content (AvgIpc) is 2.27. The second kappa shape index (κ2) is 5.80. The van der Waals surface area contributed by atoms with Crippen molar-refractivity contribution < 1.29 is 9.53 Å². The Balaban J connectivity index is 2.53. The number of amides is 1. The van der Waals surface area contributed by atoms with Gasteiger partial charge in [0.15, 0.2) is 0 Å². The molecule has 3 N–H and O–H groups in total. The quantitative estimate of drug-likeness (QED) is 0.473. The second-order valence-corrected chi connectivity index (χ2v) is 4.96. The summed E-state index contributed by atoms with van der Waals surface area (Å²) in [5, 5.41) is 0. The highest BCUT2D eigenvalue weighted by molar-refractivity contribution is 5.77. The topological polar surface area (TPSA) is 64.3 Å². The summed E-state index contributed by atoms with van der Waals surface area (Å²) in [6.07, 6.45) is 0.302. The second-order valence-electron chi connectivity index (χ2n) is 4.96. The van der Waals surface area contributed by atoms with E-state index in [-0.39, 0.29) is 11.5 Å². The molecule has 0 fully saturated rings. The van der Waals surface area contributed by atoms with E-state index in [1.54, 1.807) is 0 Å². The Morgan fingerprint density at radius 2 is 1.76 bits per heavy atom. The highest BCUT2D eigenvalue weighted by Gasteiger charge is 2.10. The number of nitrogens with one attached hydrogen (secondary N) is 1. The third-order valence-electron chi connectivity index (χ3n) is 2.22. The summed E-state index contributed by atoms with van der Waals surface area (Å²) >= 11 is 0.